The Morgan fingerprint density at radius 1 is 1.13 bits per heavy atom. The smallest absolute Gasteiger partial charge is 0.433 e. The molecule has 2 aliphatic carbocycles. The van der Waals surface area contributed by atoms with E-state index < -0.39 is 74.7 Å². The number of rotatable bonds is 5. The van der Waals surface area contributed by atoms with Crippen molar-refractivity contribution in [3.8, 4) is 11.5 Å². The molecular weight excluding hydrogens is 824 g/mol. The molecule has 3 fully saturated rings. The maximum absolute atomic E-state index is 14.2. The van der Waals surface area contributed by atoms with E-state index in [1.807, 2.05) is 0 Å². The number of methoxy groups -OCH3 is 1. The molecule has 2 saturated heterocycles. The number of ether oxygens (including phenoxy) is 1. The number of imide groups is 2. The average Bonchev–Trinajstić information content (AvgIpc) is 3.35. The highest BCUT2D eigenvalue weighted by atomic mass is 79.9. The highest BCUT2D eigenvalue weighted by molar-refractivity contribution is 9.10. The molecule has 10 nitrogen and oxygen atoms in total. The SMILES string of the molecule is COc1cc(Br)cc(C2C3=CCC4C(=O)N(N(C)c5nc(C(F)(F)F)ccc5Cl)C(=O)C4C3CC3(Cl)C(=O)N(CBr)C(=O)C23Cl)c1O. The van der Waals surface area contributed by atoms with Crippen LogP contribution in [0.4, 0.5) is 19.0 Å². The number of allylic oxidation sites excluding steroid dienone is 2. The maximum atomic E-state index is 14.2. The third-order valence-corrected chi connectivity index (χ3v) is 12.0. The molecule has 47 heavy (non-hydrogen) atoms. The quantitative estimate of drug-likeness (QED) is 0.169. The third-order valence-electron chi connectivity index (χ3n) is 9.32. The summed E-state index contributed by atoms with van der Waals surface area (Å²) in [4.78, 5) is 56.0. The first-order chi connectivity index (χ1) is 21.9. The topological polar surface area (TPSA) is 120 Å². The number of fused-ring (bicyclic) bond motifs is 4. The third kappa shape index (κ3) is 4.73. The van der Waals surface area contributed by atoms with Crippen LogP contribution in [0, 0.1) is 17.8 Å². The van der Waals surface area contributed by atoms with E-state index in [1.54, 1.807) is 6.08 Å². The molecule has 0 radical (unpaired) electrons. The van der Waals surface area contributed by atoms with Gasteiger partial charge in [-0.2, -0.15) is 18.2 Å². The van der Waals surface area contributed by atoms with Crippen LogP contribution in [0.3, 0.4) is 0 Å². The van der Waals surface area contributed by atoms with Gasteiger partial charge in [0, 0.05) is 23.0 Å². The molecule has 4 amide bonds. The summed E-state index contributed by atoms with van der Waals surface area (Å²) >= 11 is 27.1. The largest absolute Gasteiger partial charge is 0.504 e. The first kappa shape index (κ1) is 34.3. The maximum Gasteiger partial charge on any atom is 0.433 e. The molecule has 1 saturated carbocycles. The summed E-state index contributed by atoms with van der Waals surface area (Å²) in [6.45, 7) is 0. The fourth-order valence-corrected chi connectivity index (χ4v) is 9.36. The van der Waals surface area contributed by atoms with Crippen molar-refractivity contribution in [2.45, 2.75) is 34.7 Å². The van der Waals surface area contributed by atoms with Gasteiger partial charge in [-0.05, 0) is 43.0 Å². The molecule has 0 bridgehead atoms. The van der Waals surface area contributed by atoms with E-state index in [0.717, 1.165) is 16.0 Å². The van der Waals surface area contributed by atoms with Gasteiger partial charge in [-0.15, -0.1) is 23.2 Å². The number of aromatic hydroxyl groups is 1. The molecule has 6 rings (SSSR count). The van der Waals surface area contributed by atoms with Crippen LogP contribution >= 0.6 is 66.7 Å². The summed E-state index contributed by atoms with van der Waals surface area (Å²) in [5.74, 6) is -8.52. The molecule has 2 aromatic rings. The number of halogens is 8. The Bertz CT molecular complexity index is 1800. The van der Waals surface area contributed by atoms with Crippen molar-refractivity contribution in [1.82, 2.24) is 14.9 Å². The molecule has 6 atom stereocenters. The fraction of sp³-hybridized carbons (Fsp3) is 0.414. The lowest BCUT2D eigenvalue weighted by Gasteiger charge is -2.50. The number of carbonyl (C=O) groups excluding carboxylic acids is 4. The number of nitrogens with zero attached hydrogens (tertiary/aromatic N) is 4. The van der Waals surface area contributed by atoms with E-state index >= 15 is 0 Å². The van der Waals surface area contributed by atoms with Gasteiger partial charge in [0.25, 0.3) is 23.6 Å². The molecule has 1 N–H and O–H groups in total. The van der Waals surface area contributed by atoms with Gasteiger partial charge in [0.2, 0.25) is 0 Å². The summed E-state index contributed by atoms with van der Waals surface area (Å²) in [6.07, 6.45) is -3.58. The Morgan fingerprint density at radius 2 is 1.81 bits per heavy atom. The van der Waals surface area contributed by atoms with Crippen LogP contribution < -0.4 is 9.75 Å². The summed E-state index contributed by atoms with van der Waals surface area (Å²) in [5.41, 5.74) is -1.07. The second kappa shape index (κ2) is 11.5. The van der Waals surface area contributed by atoms with Crippen molar-refractivity contribution in [2.24, 2.45) is 17.8 Å². The number of phenolic OH excluding ortho intramolecular Hbond substituents is 1. The summed E-state index contributed by atoms with van der Waals surface area (Å²) in [5, 5.41) is 12.7. The number of phenols is 1. The van der Waals surface area contributed by atoms with E-state index in [0.29, 0.717) is 21.1 Å². The van der Waals surface area contributed by atoms with Crippen molar-refractivity contribution >= 4 is 96.1 Å². The van der Waals surface area contributed by atoms with Crippen LogP contribution in [0.25, 0.3) is 0 Å². The second-order valence-corrected chi connectivity index (χ2v) is 14.6. The van der Waals surface area contributed by atoms with E-state index in [9.17, 15) is 37.5 Å². The molecule has 250 valence electrons. The van der Waals surface area contributed by atoms with Crippen molar-refractivity contribution < 1.29 is 42.2 Å². The first-order valence-electron chi connectivity index (χ1n) is 13.9. The number of alkyl halides is 6. The number of benzene rings is 1. The fourth-order valence-electron chi connectivity index (χ4n) is 7.26. The monoisotopic (exact) mass is 842 g/mol. The minimum absolute atomic E-state index is 0.0192. The lowest BCUT2D eigenvalue weighted by atomic mass is 9.56. The van der Waals surface area contributed by atoms with Crippen LogP contribution in [-0.4, -0.2) is 73.0 Å². The van der Waals surface area contributed by atoms with Gasteiger partial charge in [-0.3, -0.25) is 29.1 Å². The molecule has 2 aliphatic heterocycles. The Hall–Kier alpha value is -2.59. The van der Waals surface area contributed by atoms with Crippen LogP contribution in [0.1, 0.15) is 30.0 Å². The lowest BCUT2D eigenvalue weighted by Crippen LogP contribution is -2.60. The molecule has 18 heteroatoms. The number of hydrazine groups is 1. The number of carbonyl (C=O) groups is 4. The Morgan fingerprint density at radius 3 is 2.43 bits per heavy atom. The number of anilines is 1. The average molecular weight is 846 g/mol. The molecule has 1 aromatic carbocycles. The highest BCUT2D eigenvalue weighted by Crippen LogP contribution is 2.66. The summed E-state index contributed by atoms with van der Waals surface area (Å²) in [6, 6.07) is 4.61. The highest BCUT2D eigenvalue weighted by Gasteiger charge is 2.76. The first-order valence-corrected chi connectivity index (χ1v) is 16.9. The predicted octanol–water partition coefficient (Wildman–Crippen LogP) is 5.99. The predicted molar refractivity (Wildman–Crippen MR) is 170 cm³/mol. The minimum Gasteiger partial charge on any atom is -0.504 e. The van der Waals surface area contributed by atoms with Gasteiger partial charge in [0.15, 0.2) is 27.1 Å². The standard InChI is InChI=1S/C29H22Br2Cl3F3N4O6/c1-39(22-16(32)5-6-18(38-22)29(35,36)37)41-23(43)13-4-3-12-15(19(13)24(41)44)9-27(33)25(45)40(10-30)26(46)28(27,34)20(12)14-7-11(31)8-17(47-2)21(14)42/h3,5-8,13,15,19-20,42H,4,9-10H2,1-2H3. The molecule has 3 heterocycles. The van der Waals surface area contributed by atoms with E-state index in [1.165, 1.54) is 26.3 Å². The lowest BCUT2D eigenvalue weighted by molar-refractivity contribution is -0.142. The zero-order chi connectivity index (χ0) is 34.5. The van der Waals surface area contributed by atoms with Gasteiger partial charge < -0.3 is 9.84 Å². The Balaban J connectivity index is 1.50. The molecular formula is C29H22Br2Cl3F3N4O6. The normalized spacial score (nSPS) is 30.3. The van der Waals surface area contributed by atoms with Gasteiger partial charge in [0.1, 0.15) is 5.69 Å². The van der Waals surface area contributed by atoms with E-state index in [-0.39, 0.29) is 40.4 Å². The van der Waals surface area contributed by atoms with Crippen molar-refractivity contribution in [3.63, 3.8) is 0 Å². The number of amides is 4. The van der Waals surface area contributed by atoms with Crippen LogP contribution in [0.5, 0.6) is 11.5 Å². The number of hydrogen-bond acceptors (Lipinski definition) is 8. The van der Waals surface area contributed by atoms with Crippen LogP contribution in [0.2, 0.25) is 5.02 Å². The Kier molecular flexibility index (Phi) is 8.38. The van der Waals surface area contributed by atoms with E-state index in [2.05, 4.69) is 36.8 Å². The van der Waals surface area contributed by atoms with Crippen LogP contribution in [-0.2, 0) is 25.4 Å². The van der Waals surface area contributed by atoms with Gasteiger partial charge >= 0.3 is 6.18 Å². The number of hydrogen-bond donors (Lipinski definition) is 1. The number of aromatic nitrogens is 1. The summed E-state index contributed by atoms with van der Waals surface area (Å²) in [7, 11) is 2.50. The van der Waals surface area contributed by atoms with Crippen molar-refractivity contribution in [3.05, 3.63) is 56.7 Å². The van der Waals surface area contributed by atoms with Gasteiger partial charge in [0.05, 0.1) is 29.4 Å². The zero-order valence-electron chi connectivity index (χ0n) is 24.1. The zero-order valence-corrected chi connectivity index (χ0v) is 29.6. The van der Waals surface area contributed by atoms with Gasteiger partial charge in [-0.25, -0.2) is 4.98 Å². The Labute approximate surface area is 297 Å². The molecule has 6 unspecified atom stereocenters. The molecule has 1 aromatic heterocycles. The van der Waals surface area contributed by atoms with Crippen molar-refractivity contribution in [1.29, 1.82) is 0 Å². The minimum atomic E-state index is -4.83. The summed E-state index contributed by atoms with van der Waals surface area (Å²) < 4.78 is 46.3. The van der Waals surface area contributed by atoms with E-state index in [4.69, 9.17) is 39.5 Å². The molecule has 4 aliphatic rings. The second-order valence-electron chi connectivity index (χ2n) is 11.5. The van der Waals surface area contributed by atoms with Crippen LogP contribution in [0.15, 0.2) is 40.4 Å². The number of pyridine rings is 1. The van der Waals surface area contributed by atoms with Crippen molar-refractivity contribution in [2.75, 3.05) is 24.6 Å². The van der Waals surface area contributed by atoms with Gasteiger partial charge in [-0.1, -0.05) is 55.1 Å². The number of likely N-dealkylation sites (tertiary alicyclic amines) is 1. The molecule has 0 spiro atoms.